The summed E-state index contributed by atoms with van der Waals surface area (Å²) in [5.41, 5.74) is 0. The highest BCUT2D eigenvalue weighted by atomic mass is 15.2. The topological polar surface area (TPSA) is 3.24 Å². The predicted molar refractivity (Wildman–Crippen MR) is 65.9 cm³/mol. The zero-order valence-corrected chi connectivity index (χ0v) is 10.9. The Morgan fingerprint density at radius 1 is 1.20 bits per heavy atom. The first-order chi connectivity index (χ1) is 7.15. The van der Waals surface area contributed by atoms with Gasteiger partial charge in [-0.25, -0.2) is 0 Å². The van der Waals surface area contributed by atoms with E-state index in [4.69, 9.17) is 0 Å². The summed E-state index contributed by atoms with van der Waals surface area (Å²) in [4.78, 5) is 2.60. The van der Waals surface area contributed by atoms with Crippen LogP contribution < -0.4 is 0 Å². The van der Waals surface area contributed by atoms with E-state index in [1.807, 2.05) is 0 Å². The lowest BCUT2D eigenvalue weighted by molar-refractivity contribution is 0.116. The van der Waals surface area contributed by atoms with Crippen molar-refractivity contribution in [3.8, 4) is 0 Å². The van der Waals surface area contributed by atoms with Crippen molar-refractivity contribution < 1.29 is 0 Å². The van der Waals surface area contributed by atoms with E-state index in [1.54, 1.807) is 0 Å². The van der Waals surface area contributed by atoms with Gasteiger partial charge in [0.25, 0.3) is 0 Å². The molecule has 1 heteroatoms. The van der Waals surface area contributed by atoms with Crippen molar-refractivity contribution in [2.75, 3.05) is 13.6 Å². The molecule has 2 rings (SSSR count). The van der Waals surface area contributed by atoms with Crippen LogP contribution in [-0.2, 0) is 0 Å². The minimum absolute atomic E-state index is 0.824. The van der Waals surface area contributed by atoms with Crippen molar-refractivity contribution >= 4 is 0 Å². The summed E-state index contributed by atoms with van der Waals surface area (Å²) in [6.45, 7) is 8.63. The molecule has 0 aromatic heterocycles. The first kappa shape index (κ1) is 11.4. The lowest BCUT2D eigenvalue weighted by Gasteiger charge is -2.39. The normalized spacial score (nSPS) is 46.8. The minimum atomic E-state index is 0.824. The molecule has 1 saturated carbocycles. The molecule has 1 heterocycles. The lowest BCUT2D eigenvalue weighted by atomic mass is 9.66. The number of hydrogen-bond acceptors (Lipinski definition) is 1. The van der Waals surface area contributed by atoms with Gasteiger partial charge in [0.1, 0.15) is 0 Å². The van der Waals surface area contributed by atoms with Crippen LogP contribution >= 0.6 is 0 Å². The molecule has 0 amide bonds. The first-order valence-electron chi connectivity index (χ1n) is 6.85. The zero-order chi connectivity index (χ0) is 11.0. The predicted octanol–water partition coefficient (Wildman–Crippen LogP) is 3.40. The molecule has 0 spiro atoms. The molecule has 88 valence electrons. The lowest BCUT2D eigenvalue weighted by Crippen LogP contribution is -2.35. The number of likely N-dealkylation sites (tertiary alicyclic amines) is 1. The van der Waals surface area contributed by atoms with Crippen LogP contribution in [0.15, 0.2) is 0 Å². The van der Waals surface area contributed by atoms with Gasteiger partial charge >= 0.3 is 0 Å². The number of nitrogens with zero attached hydrogens (tertiary/aromatic N) is 1. The van der Waals surface area contributed by atoms with Gasteiger partial charge in [-0.05, 0) is 44.1 Å². The number of fused-ring (bicyclic) bond motifs is 1. The highest BCUT2D eigenvalue weighted by Crippen LogP contribution is 2.47. The fraction of sp³-hybridized carbons (Fsp3) is 1.00. The van der Waals surface area contributed by atoms with Crippen LogP contribution in [0.1, 0.15) is 46.5 Å². The van der Waals surface area contributed by atoms with Crippen molar-refractivity contribution in [3.63, 3.8) is 0 Å². The van der Waals surface area contributed by atoms with Crippen molar-refractivity contribution in [1.29, 1.82) is 0 Å². The summed E-state index contributed by atoms with van der Waals surface area (Å²) in [7, 11) is 2.32. The van der Waals surface area contributed by atoms with Crippen molar-refractivity contribution in [2.45, 2.75) is 52.5 Å². The first-order valence-corrected chi connectivity index (χ1v) is 6.85. The molecular weight excluding hydrogens is 182 g/mol. The van der Waals surface area contributed by atoms with Crippen LogP contribution in [-0.4, -0.2) is 24.5 Å². The van der Waals surface area contributed by atoms with E-state index >= 15 is 0 Å². The van der Waals surface area contributed by atoms with Gasteiger partial charge in [-0.1, -0.05) is 33.1 Å². The van der Waals surface area contributed by atoms with E-state index in [2.05, 4.69) is 32.7 Å². The van der Waals surface area contributed by atoms with Gasteiger partial charge in [0.15, 0.2) is 0 Å². The third kappa shape index (κ3) is 1.95. The van der Waals surface area contributed by atoms with Crippen LogP contribution in [0.3, 0.4) is 0 Å². The Bertz CT molecular complexity index is 213. The fourth-order valence-corrected chi connectivity index (χ4v) is 4.25. The number of rotatable bonds is 2. The Morgan fingerprint density at radius 2 is 1.93 bits per heavy atom. The van der Waals surface area contributed by atoms with Crippen molar-refractivity contribution in [3.05, 3.63) is 0 Å². The second-order valence-electron chi connectivity index (χ2n) is 6.02. The second-order valence-corrected chi connectivity index (χ2v) is 6.02. The molecule has 15 heavy (non-hydrogen) atoms. The maximum atomic E-state index is 2.60. The molecule has 5 unspecified atom stereocenters. The van der Waals surface area contributed by atoms with E-state index in [0.717, 1.165) is 29.7 Å². The minimum Gasteiger partial charge on any atom is -0.303 e. The smallest absolute Gasteiger partial charge is 0.00980 e. The molecule has 2 aliphatic rings. The average Bonchev–Trinajstić information content (AvgIpc) is 2.50. The fourth-order valence-electron chi connectivity index (χ4n) is 4.25. The third-order valence-corrected chi connectivity index (χ3v) is 5.16. The van der Waals surface area contributed by atoms with E-state index in [-0.39, 0.29) is 0 Å². The van der Waals surface area contributed by atoms with Gasteiger partial charge in [0.05, 0.1) is 0 Å². The van der Waals surface area contributed by atoms with E-state index in [9.17, 15) is 0 Å². The van der Waals surface area contributed by atoms with E-state index < -0.39 is 0 Å². The summed E-state index contributed by atoms with van der Waals surface area (Å²) in [6, 6.07) is 0.824. The maximum Gasteiger partial charge on any atom is 0.00980 e. The molecule has 1 aliphatic heterocycles. The molecule has 0 N–H and O–H groups in total. The Balaban J connectivity index is 2.10. The van der Waals surface area contributed by atoms with E-state index in [1.165, 1.54) is 32.2 Å². The van der Waals surface area contributed by atoms with Crippen LogP contribution in [0.2, 0.25) is 0 Å². The summed E-state index contributed by atoms with van der Waals surface area (Å²) < 4.78 is 0. The standard InChI is InChI=1S/C14H27N/c1-5-6-12-8-7-10(2)14-11(3)15(4)9-13(12)14/h10-14H,5-9H2,1-4H3. The molecule has 0 radical (unpaired) electrons. The molecule has 1 nitrogen and oxygen atoms in total. The second kappa shape index (κ2) is 4.45. The van der Waals surface area contributed by atoms with E-state index in [0.29, 0.717) is 0 Å². The maximum absolute atomic E-state index is 2.60. The van der Waals surface area contributed by atoms with Gasteiger partial charge in [-0.2, -0.15) is 0 Å². The molecule has 1 saturated heterocycles. The van der Waals surface area contributed by atoms with Gasteiger partial charge in [0, 0.05) is 12.6 Å². The van der Waals surface area contributed by atoms with Crippen LogP contribution in [0.25, 0.3) is 0 Å². The largest absolute Gasteiger partial charge is 0.303 e. The molecule has 5 atom stereocenters. The molecular formula is C14H27N. The quantitative estimate of drug-likeness (QED) is 0.674. The SMILES string of the molecule is CCCC1CCC(C)C2C1CN(C)C2C. The Morgan fingerprint density at radius 3 is 2.60 bits per heavy atom. The molecule has 0 bridgehead atoms. The highest BCUT2D eigenvalue weighted by molar-refractivity contribution is 4.97. The van der Waals surface area contributed by atoms with Gasteiger partial charge < -0.3 is 4.90 Å². The monoisotopic (exact) mass is 209 g/mol. The summed E-state index contributed by atoms with van der Waals surface area (Å²) in [5, 5.41) is 0. The van der Waals surface area contributed by atoms with Crippen LogP contribution in [0.5, 0.6) is 0 Å². The average molecular weight is 209 g/mol. The van der Waals surface area contributed by atoms with Crippen LogP contribution in [0.4, 0.5) is 0 Å². The van der Waals surface area contributed by atoms with Gasteiger partial charge in [-0.3, -0.25) is 0 Å². The Kier molecular flexibility index (Phi) is 3.39. The third-order valence-electron chi connectivity index (χ3n) is 5.16. The van der Waals surface area contributed by atoms with Crippen molar-refractivity contribution in [2.24, 2.45) is 23.7 Å². The van der Waals surface area contributed by atoms with Gasteiger partial charge in [-0.15, -0.1) is 0 Å². The Labute approximate surface area is 95.2 Å². The zero-order valence-electron chi connectivity index (χ0n) is 10.9. The van der Waals surface area contributed by atoms with Gasteiger partial charge in [0.2, 0.25) is 0 Å². The van der Waals surface area contributed by atoms with Crippen molar-refractivity contribution in [1.82, 2.24) is 4.90 Å². The summed E-state index contributed by atoms with van der Waals surface area (Å²) in [5.74, 6) is 3.99. The molecule has 1 aliphatic carbocycles. The molecule has 0 aromatic rings. The molecule has 0 aromatic carbocycles. The summed E-state index contributed by atoms with van der Waals surface area (Å²) in [6.07, 6.45) is 5.82. The van der Waals surface area contributed by atoms with Crippen LogP contribution in [0, 0.1) is 23.7 Å². The number of hydrogen-bond donors (Lipinski definition) is 0. The summed E-state index contributed by atoms with van der Waals surface area (Å²) >= 11 is 0. The Hall–Kier alpha value is -0.0400. The molecule has 2 fully saturated rings. The highest BCUT2D eigenvalue weighted by Gasteiger charge is 2.45.